The number of nitrogens with one attached hydrogen (secondary N) is 1. The maximum absolute atomic E-state index is 12.9. The van der Waals surface area contributed by atoms with E-state index >= 15 is 0 Å². The molecule has 0 fully saturated rings. The fourth-order valence-corrected chi connectivity index (χ4v) is 4.04. The molecule has 0 saturated carbocycles. The molecule has 0 aliphatic rings. The zero-order chi connectivity index (χ0) is 24.8. The lowest BCUT2D eigenvalue weighted by molar-refractivity contribution is -0.137. The van der Waals surface area contributed by atoms with Crippen molar-refractivity contribution in [3.8, 4) is 17.2 Å². The first-order valence-corrected chi connectivity index (χ1v) is 11.9. The average molecular weight is 495 g/mol. The van der Waals surface area contributed by atoms with Crippen LogP contribution in [-0.4, -0.2) is 40.6 Å². The minimum absolute atomic E-state index is 0.0254. The van der Waals surface area contributed by atoms with Crippen molar-refractivity contribution in [2.24, 2.45) is 0 Å². The molecule has 0 unspecified atom stereocenters. The molecule has 34 heavy (non-hydrogen) atoms. The number of para-hydroxylation sites is 2. The number of ether oxygens (including phenoxy) is 2. The monoisotopic (exact) mass is 494 g/mol. The molecule has 0 amide bonds. The van der Waals surface area contributed by atoms with Crippen molar-refractivity contribution in [2.75, 3.05) is 32.0 Å². The van der Waals surface area contributed by atoms with Crippen LogP contribution >= 0.6 is 0 Å². The lowest BCUT2D eigenvalue weighted by Gasteiger charge is -2.14. The first-order chi connectivity index (χ1) is 16.0. The lowest BCUT2D eigenvalue weighted by atomic mass is 10.2. The number of anilines is 1. The molecule has 3 rings (SSSR count). The second-order valence-electron chi connectivity index (χ2n) is 7.70. The molecule has 0 aliphatic carbocycles. The highest BCUT2D eigenvalue weighted by molar-refractivity contribution is 7.92. The molecule has 6 nitrogen and oxygen atoms in total. The van der Waals surface area contributed by atoms with Gasteiger partial charge in [0.2, 0.25) is 0 Å². The molecular weight excluding hydrogens is 469 g/mol. The Morgan fingerprint density at radius 1 is 0.882 bits per heavy atom. The molecule has 0 saturated heterocycles. The molecule has 0 atom stereocenters. The Hall–Kier alpha value is -3.24. The quantitative estimate of drug-likeness (QED) is 0.370. The first kappa shape index (κ1) is 25.4. The highest BCUT2D eigenvalue weighted by atomic mass is 32.2. The topological polar surface area (TPSA) is 67.9 Å². The summed E-state index contributed by atoms with van der Waals surface area (Å²) in [5.41, 5.74) is -0.662. The van der Waals surface area contributed by atoms with Crippen LogP contribution in [-0.2, 0) is 16.2 Å². The summed E-state index contributed by atoms with van der Waals surface area (Å²) < 4.78 is 77.7. The zero-order valence-corrected chi connectivity index (χ0v) is 19.5. The van der Waals surface area contributed by atoms with Crippen LogP contribution in [0.4, 0.5) is 18.9 Å². The van der Waals surface area contributed by atoms with E-state index in [-0.39, 0.29) is 22.1 Å². The van der Waals surface area contributed by atoms with Gasteiger partial charge in [-0.3, -0.25) is 4.72 Å². The molecule has 1 N–H and O–H groups in total. The molecule has 182 valence electrons. The van der Waals surface area contributed by atoms with Gasteiger partial charge in [-0.2, -0.15) is 13.2 Å². The van der Waals surface area contributed by atoms with Gasteiger partial charge >= 0.3 is 6.18 Å². The number of benzene rings is 3. The predicted octanol–water partition coefficient (Wildman–Crippen LogP) is 5.63. The van der Waals surface area contributed by atoms with Crippen molar-refractivity contribution in [2.45, 2.75) is 17.5 Å². The largest absolute Gasteiger partial charge is 0.494 e. The molecule has 0 bridgehead atoms. The number of sulfonamides is 1. The summed E-state index contributed by atoms with van der Waals surface area (Å²) in [6.45, 7) is 1.39. The normalized spacial score (nSPS) is 11.9. The van der Waals surface area contributed by atoms with E-state index in [1.807, 2.05) is 19.0 Å². The minimum atomic E-state index is -4.46. The van der Waals surface area contributed by atoms with E-state index < -0.39 is 21.8 Å². The smallest absolute Gasteiger partial charge is 0.416 e. The van der Waals surface area contributed by atoms with Crippen LogP contribution in [0.5, 0.6) is 17.2 Å². The third-order valence-electron chi connectivity index (χ3n) is 4.69. The second-order valence-corrected chi connectivity index (χ2v) is 9.38. The van der Waals surface area contributed by atoms with Crippen LogP contribution in [0.1, 0.15) is 12.0 Å². The van der Waals surface area contributed by atoms with Gasteiger partial charge in [-0.1, -0.05) is 12.1 Å². The Balaban J connectivity index is 1.69. The average Bonchev–Trinajstić information content (AvgIpc) is 2.78. The van der Waals surface area contributed by atoms with Crippen LogP contribution in [0, 0.1) is 0 Å². The second kappa shape index (κ2) is 10.8. The fourth-order valence-electron chi connectivity index (χ4n) is 2.97. The van der Waals surface area contributed by atoms with E-state index in [2.05, 4.69) is 4.72 Å². The van der Waals surface area contributed by atoms with Crippen molar-refractivity contribution in [1.29, 1.82) is 0 Å². The van der Waals surface area contributed by atoms with Crippen molar-refractivity contribution in [3.63, 3.8) is 0 Å². The molecular formula is C24H25F3N2O4S. The van der Waals surface area contributed by atoms with Gasteiger partial charge in [-0.15, -0.1) is 0 Å². The molecule has 0 heterocycles. The van der Waals surface area contributed by atoms with Crippen molar-refractivity contribution >= 4 is 15.7 Å². The maximum atomic E-state index is 12.9. The summed E-state index contributed by atoms with van der Waals surface area (Å²) in [6.07, 6.45) is -3.62. The summed E-state index contributed by atoms with van der Waals surface area (Å²) in [5.74, 6) is 0.839. The van der Waals surface area contributed by atoms with E-state index in [0.29, 0.717) is 12.4 Å². The Morgan fingerprint density at radius 2 is 1.50 bits per heavy atom. The van der Waals surface area contributed by atoms with Crippen LogP contribution < -0.4 is 14.2 Å². The third-order valence-corrected chi connectivity index (χ3v) is 6.07. The van der Waals surface area contributed by atoms with Crippen LogP contribution in [0.25, 0.3) is 0 Å². The van der Waals surface area contributed by atoms with Gasteiger partial charge in [0, 0.05) is 6.54 Å². The number of hydrogen-bond acceptors (Lipinski definition) is 5. The highest BCUT2D eigenvalue weighted by Gasteiger charge is 2.30. The van der Waals surface area contributed by atoms with E-state index in [1.165, 1.54) is 36.4 Å². The van der Waals surface area contributed by atoms with Crippen molar-refractivity contribution < 1.29 is 31.1 Å². The fraction of sp³-hybridized carbons (Fsp3) is 0.250. The standard InChI is InChI=1S/C24H25F3N2O4S/c1-29(2)16-5-17-32-19-12-14-21(15-13-19)34(30,31)28-22-6-3-4-7-23(22)33-20-10-8-18(9-11-20)24(25,26)27/h3-4,6-15,28H,5,16-17H2,1-2H3. The minimum Gasteiger partial charge on any atom is -0.494 e. The molecule has 3 aromatic carbocycles. The molecule has 3 aromatic rings. The number of nitrogens with zero attached hydrogens (tertiary/aromatic N) is 1. The SMILES string of the molecule is CN(C)CCCOc1ccc(S(=O)(=O)Nc2ccccc2Oc2ccc(C(F)(F)F)cc2)cc1. The Bertz CT molecular complexity index is 1180. The van der Waals surface area contributed by atoms with E-state index in [4.69, 9.17) is 9.47 Å². The molecule has 0 radical (unpaired) electrons. The van der Waals surface area contributed by atoms with Crippen LogP contribution in [0.15, 0.2) is 77.7 Å². The maximum Gasteiger partial charge on any atom is 0.416 e. The molecule has 0 spiro atoms. The van der Waals surface area contributed by atoms with E-state index in [9.17, 15) is 21.6 Å². The summed E-state index contributed by atoms with van der Waals surface area (Å²) in [7, 11) is -0.00513. The number of alkyl halides is 3. The van der Waals surface area contributed by atoms with Gasteiger partial charge < -0.3 is 14.4 Å². The summed E-state index contributed by atoms with van der Waals surface area (Å²) >= 11 is 0. The molecule has 0 aliphatic heterocycles. The van der Waals surface area contributed by atoms with Crippen LogP contribution in [0.2, 0.25) is 0 Å². The lowest BCUT2D eigenvalue weighted by Crippen LogP contribution is -2.15. The summed E-state index contributed by atoms with van der Waals surface area (Å²) in [6, 6.07) is 16.4. The Morgan fingerprint density at radius 3 is 2.12 bits per heavy atom. The molecule has 10 heteroatoms. The van der Waals surface area contributed by atoms with E-state index in [0.717, 1.165) is 25.1 Å². The van der Waals surface area contributed by atoms with Crippen molar-refractivity contribution in [1.82, 2.24) is 4.90 Å². The number of halogens is 3. The Kier molecular flexibility index (Phi) is 8.06. The van der Waals surface area contributed by atoms with Gasteiger partial charge in [0.05, 0.1) is 22.8 Å². The van der Waals surface area contributed by atoms with Crippen LogP contribution in [0.3, 0.4) is 0 Å². The molecule has 0 aromatic heterocycles. The zero-order valence-electron chi connectivity index (χ0n) is 18.7. The van der Waals surface area contributed by atoms with Gasteiger partial charge in [-0.25, -0.2) is 8.42 Å². The van der Waals surface area contributed by atoms with Gasteiger partial charge in [0.25, 0.3) is 10.0 Å². The third kappa shape index (κ3) is 7.13. The summed E-state index contributed by atoms with van der Waals surface area (Å²) in [5, 5.41) is 0. The summed E-state index contributed by atoms with van der Waals surface area (Å²) in [4.78, 5) is 2.07. The van der Waals surface area contributed by atoms with Gasteiger partial charge in [-0.05, 0) is 81.2 Å². The number of hydrogen-bond donors (Lipinski definition) is 1. The van der Waals surface area contributed by atoms with E-state index in [1.54, 1.807) is 24.3 Å². The van der Waals surface area contributed by atoms with Gasteiger partial charge in [0.1, 0.15) is 11.5 Å². The first-order valence-electron chi connectivity index (χ1n) is 10.4. The predicted molar refractivity (Wildman–Crippen MR) is 124 cm³/mol. The van der Waals surface area contributed by atoms with Gasteiger partial charge in [0.15, 0.2) is 5.75 Å². The Labute approximate surface area is 197 Å². The van der Waals surface area contributed by atoms with Crippen molar-refractivity contribution in [3.05, 3.63) is 78.4 Å². The number of rotatable bonds is 10. The highest BCUT2D eigenvalue weighted by Crippen LogP contribution is 2.34.